The van der Waals surface area contributed by atoms with Crippen molar-refractivity contribution in [2.75, 3.05) is 0 Å². The largest absolute Gasteiger partial charge is 0.294 e. The van der Waals surface area contributed by atoms with Crippen molar-refractivity contribution in [2.45, 2.75) is 39.0 Å². The van der Waals surface area contributed by atoms with Gasteiger partial charge in [-0.15, -0.1) is 0 Å². The topological polar surface area (TPSA) is 42.9 Å². The molecule has 2 unspecified atom stereocenters. The molecule has 0 saturated heterocycles. The highest BCUT2D eigenvalue weighted by atomic mass is 16.1. The van der Waals surface area contributed by atoms with Crippen molar-refractivity contribution in [1.82, 2.24) is 9.97 Å². The molecule has 1 heterocycles. The summed E-state index contributed by atoms with van der Waals surface area (Å²) >= 11 is 0. The number of para-hydroxylation sites is 1. The number of carbonyl (C=O) groups is 1. The maximum atomic E-state index is 12.8. The summed E-state index contributed by atoms with van der Waals surface area (Å²) in [7, 11) is 0. The van der Waals surface area contributed by atoms with Crippen molar-refractivity contribution in [3.05, 3.63) is 36.2 Å². The van der Waals surface area contributed by atoms with E-state index in [-0.39, 0.29) is 11.7 Å². The second-order valence-electron chi connectivity index (χ2n) is 5.73. The van der Waals surface area contributed by atoms with Gasteiger partial charge in [-0.2, -0.15) is 0 Å². The summed E-state index contributed by atoms with van der Waals surface area (Å²) in [5.74, 6) is 1.13. The highest BCUT2D eigenvalue weighted by molar-refractivity contribution is 6.07. The van der Waals surface area contributed by atoms with Gasteiger partial charge in [-0.25, -0.2) is 0 Å². The van der Waals surface area contributed by atoms with E-state index in [2.05, 4.69) is 16.9 Å². The molecule has 3 rings (SSSR count). The normalized spacial score (nSPS) is 22.9. The Morgan fingerprint density at radius 2 is 2.10 bits per heavy atom. The Balaban J connectivity index is 1.92. The fraction of sp³-hybridized carbons (Fsp3) is 0.471. The van der Waals surface area contributed by atoms with Gasteiger partial charge in [-0.1, -0.05) is 32.3 Å². The monoisotopic (exact) mass is 268 g/mol. The first-order valence-electron chi connectivity index (χ1n) is 7.53. The summed E-state index contributed by atoms with van der Waals surface area (Å²) in [5.41, 5.74) is 2.30. The van der Waals surface area contributed by atoms with Crippen LogP contribution in [0.4, 0.5) is 0 Å². The number of fused-ring (bicyclic) bond motifs is 1. The van der Waals surface area contributed by atoms with Gasteiger partial charge >= 0.3 is 0 Å². The molecule has 2 aromatic rings. The van der Waals surface area contributed by atoms with Crippen LogP contribution >= 0.6 is 0 Å². The first-order chi connectivity index (χ1) is 9.79. The van der Waals surface area contributed by atoms with Gasteiger partial charge in [-0.05, 0) is 30.9 Å². The molecule has 1 aliphatic rings. The van der Waals surface area contributed by atoms with Crippen LogP contribution in [0.1, 0.15) is 49.4 Å². The van der Waals surface area contributed by atoms with E-state index in [0.29, 0.717) is 5.92 Å². The molecule has 0 spiro atoms. The smallest absolute Gasteiger partial charge is 0.168 e. The van der Waals surface area contributed by atoms with Crippen LogP contribution in [0.2, 0.25) is 0 Å². The summed E-state index contributed by atoms with van der Waals surface area (Å²) < 4.78 is 0. The number of hydrogen-bond acceptors (Lipinski definition) is 3. The molecule has 0 amide bonds. The molecular weight excluding hydrogens is 248 g/mol. The molecule has 1 saturated carbocycles. The van der Waals surface area contributed by atoms with Crippen LogP contribution in [-0.4, -0.2) is 15.8 Å². The molecule has 20 heavy (non-hydrogen) atoms. The number of ketones is 1. The summed E-state index contributed by atoms with van der Waals surface area (Å²) in [6.45, 7) is 2.22. The Bertz CT molecular complexity index is 618. The Kier molecular flexibility index (Phi) is 3.77. The fourth-order valence-electron chi connectivity index (χ4n) is 3.31. The standard InChI is InChI=1S/C17H20N2O/c1-2-12-5-3-6-13(11-12)17(20)14-7-4-8-15-16(14)19-10-9-18-15/h4,7-10,12-13H,2-3,5-6,11H2,1H3. The van der Waals surface area contributed by atoms with Gasteiger partial charge in [0.2, 0.25) is 0 Å². The maximum Gasteiger partial charge on any atom is 0.168 e. The average molecular weight is 268 g/mol. The van der Waals surface area contributed by atoms with Gasteiger partial charge in [0.15, 0.2) is 5.78 Å². The first-order valence-corrected chi connectivity index (χ1v) is 7.53. The van der Waals surface area contributed by atoms with Gasteiger partial charge in [0.05, 0.1) is 11.0 Å². The average Bonchev–Trinajstić information content (AvgIpc) is 2.53. The van der Waals surface area contributed by atoms with E-state index < -0.39 is 0 Å². The first kappa shape index (κ1) is 13.2. The van der Waals surface area contributed by atoms with Gasteiger partial charge in [0, 0.05) is 23.9 Å². The predicted molar refractivity (Wildman–Crippen MR) is 79.6 cm³/mol. The summed E-state index contributed by atoms with van der Waals surface area (Å²) in [5, 5.41) is 0. The predicted octanol–water partition coefficient (Wildman–Crippen LogP) is 4.03. The van der Waals surface area contributed by atoms with Gasteiger partial charge in [0.1, 0.15) is 0 Å². The molecule has 0 N–H and O–H groups in total. The molecular formula is C17H20N2O. The van der Waals surface area contributed by atoms with Gasteiger partial charge in [-0.3, -0.25) is 14.8 Å². The minimum Gasteiger partial charge on any atom is -0.294 e. The quantitative estimate of drug-likeness (QED) is 0.789. The molecule has 104 valence electrons. The van der Waals surface area contributed by atoms with Crippen molar-refractivity contribution < 1.29 is 4.79 Å². The zero-order valence-electron chi connectivity index (χ0n) is 11.9. The zero-order valence-corrected chi connectivity index (χ0v) is 11.9. The number of Topliss-reactive ketones (excluding diaryl/α,β-unsaturated/α-hetero) is 1. The molecule has 0 aliphatic heterocycles. The van der Waals surface area contributed by atoms with Crippen LogP contribution in [-0.2, 0) is 0 Å². The van der Waals surface area contributed by atoms with Crippen LogP contribution in [0.5, 0.6) is 0 Å². The van der Waals surface area contributed by atoms with Crippen LogP contribution in [0.25, 0.3) is 11.0 Å². The Morgan fingerprint density at radius 1 is 1.25 bits per heavy atom. The number of benzene rings is 1. The van der Waals surface area contributed by atoms with E-state index >= 15 is 0 Å². The third-order valence-corrected chi connectivity index (χ3v) is 4.50. The van der Waals surface area contributed by atoms with Gasteiger partial charge in [0.25, 0.3) is 0 Å². The van der Waals surface area contributed by atoms with E-state index in [9.17, 15) is 4.79 Å². The summed E-state index contributed by atoms with van der Waals surface area (Å²) in [6, 6.07) is 5.72. The second kappa shape index (κ2) is 5.70. The number of nitrogens with zero attached hydrogens (tertiary/aromatic N) is 2. The molecule has 3 nitrogen and oxygen atoms in total. The minimum atomic E-state index is 0.168. The fourth-order valence-corrected chi connectivity index (χ4v) is 3.31. The number of carbonyl (C=O) groups excluding carboxylic acids is 1. The maximum absolute atomic E-state index is 12.8. The second-order valence-corrected chi connectivity index (χ2v) is 5.73. The van der Waals surface area contributed by atoms with Crippen LogP contribution in [0, 0.1) is 11.8 Å². The Morgan fingerprint density at radius 3 is 2.95 bits per heavy atom. The highest BCUT2D eigenvalue weighted by Gasteiger charge is 2.28. The summed E-state index contributed by atoms with van der Waals surface area (Å²) in [4.78, 5) is 21.4. The molecule has 1 aromatic carbocycles. The van der Waals surface area contributed by atoms with Crippen LogP contribution in [0.3, 0.4) is 0 Å². The lowest BCUT2D eigenvalue weighted by Gasteiger charge is -2.27. The number of hydrogen-bond donors (Lipinski definition) is 0. The lowest BCUT2D eigenvalue weighted by atomic mass is 9.77. The van der Waals surface area contributed by atoms with E-state index in [0.717, 1.165) is 29.4 Å². The molecule has 1 fully saturated rings. The Hall–Kier alpha value is -1.77. The molecule has 0 radical (unpaired) electrons. The third kappa shape index (κ3) is 2.45. The summed E-state index contributed by atoms with van der Waals surface area (Å²) in [6.07, 6.45) is 9.01. The van der Waals surface area contributed by atoms with E-state index in [1.807, 2.05) is 18.2 Å². The van der Waals surface area contributed by atoms with E-state index in [4.69, 9.17) is 0 Å². The van der Waals surface area contributed by atoms with Gasteiger partial charge < -0.3 is 0 Å². The lowest BCUT2D eigenvalue weighted by molar-refractivity contribution is 0.0863. The van der Waals surface area contributed by atoms with Crippen molar-refractivity contribution in [3.63, 3.8) is 0 Å². The van der Waals surface area contributed by atoms with E-state index in [1.54, 1.807) is 12.4 Å². The SMILES string of the molecule is CCC1CCCC(C(=O)c2cccc3nccnc23)C1. The third-order valence-electron chi connectivity index (χ3n) is 4.50. The minimum absolute atomic E-state index is 0.168. The molecule has 1 aliphatic carbocycles. The van der Waals surface area contributed by atoms with Crippen LogP contribution in [0.15, 0.2) is 30.6 Å². The Labute approximate surface area is 119 Å². The zero-order chi connectivity index (χ0) is 13.9. The van der Waals surface area contributed by atoms with Crippen molar-refractivity contribution in [3.8, 4) is 0 Å². The van der Waals surface area contributed by atoms with Crippen LogP contribution < -0.4 is 0 Å². The molecule has 2 atom stereocenters. The van der Waals surface area contributed by atoms with E-state index in [1.165, 1.54) is 19.3 Å². The highest BCUT2D eigenvalue weighted by Crippen LogP contribution is 2.33. The molecule has 3 heteroatoms. The van der Waals surface area contributed by atoms with Crippen molar-refractivity contribution in [2.24, 2.45) is 11.8 Å². The molecule has 0 bridgehead atoms. The molecule has 1 aromatic heterocycles. The lowest BCUT2D eigenvalue weighted by Crippen LogP contribution is -2.23. The van der Waals surface area contributed by atoms with Crippen molar-refractivity contribution in [1.29, 1.82) is 0 Å². The van der Waals surface area contributed by atoms with Crippen molar-refractivity contribution >= 4 is 16.8 Å². The number of rotatable bonds is 3. The number of aromatic nitrogens is 2.